The topological polar surface area (TPSA) is 48.0 Å². The zero-order valence-electron chi connectivity index (χ0n) is 17.3. The number of cyclic esters (lactones) is 1. The van der Waals surface area contributed by atoms with Crippen LogP contribution in [-0.2, 0) is 16.6 Å². The number of hydrogen-bond donors (Lipinski definition) is 0. The molecule has 1 fully saturated rings. The number of carbonyl (C=O) groups is 1. The third-order valence-electron chi connectivity index (χ3n) is 5.13. The first kappa shape index (κ1) is 20.1. The van der Waals surface area contributed by atoms with Crippen molar-refractivity contribution >= 4 is 11.8 Å². The molecule has 0 aliphatic carbocycles. The van der Waals surface area contributed by atoms with Gasteiger partial charge in [0.1, 0.15) is 6.10 Å². The molecular weight excluding hydrogens is 354 g/mol. The van der Waals surface area contributed by atoms with E-state index in [2.05, 4.69) is 45.0 Å². The van der Waals surface area contributed by atoms with Crippen LogP contribution in [0.5, 0.6) is 11.5 Å². The molecule has 5 heteroatoms. The largest absolute Gasteiger partial charge is 0.493 e. The van der Waals surface area contributed by atoms with Gasteiger partial charge in [-0.25, -0.2) is 4.79 Å². The Labute approximate surface area is 167 Å². The molecule has 1 aliphatic heterocycles. The van der Waals surface area contributed by atoms with Gasteiger partial charge >= 0.3 is 6.09 Å². The molecular formula is C23H29NO4. The van der Waals surface area contributed by atoms with E-state index in [1.807, 2.05) is 6.07 Å². The van der Waals surface area contributed by atoms with Gasteiger partial charge < -0.3 is 14.2 Å². The second-order valence-electron chi connectivity index (χ2n) is 8.14. The summed E-state index contributed by atoms with van der Waals surface area (Å²) in [6, 6.07) is 14.2. The maximum atomic E-state index is 12.3. The Morgan fingerprint density at radius 3 is 2.32 bits per heavy atom. The van der Waals surface area contributed by atoms with E-state index >= 15 is 0 Å². The second-order valence-corrected chi connectivity index (χ2v) is 8.14. The summed E-state index contributed by atoms with van der Waals surface area (Å²) >= 11 is 0. The summed E-state index contributed by atoms with van der Waals surface area (Å²) in [5.41, 5.74) is 3.48. The summed E-state index contributed by atoms with van der Waals surface area (Å²) in [5, 5.41) is 0. The van der Waals surface area contributed by atoms with Crippen molar-refractivity contribution < 1.29 is 19.0 Å². The minimum absolute atomic E-state index is 0.122. The average Bonchev–Trinajstić information content (AvgIpc) is 3.06. The summed E-state index contributed by atoms with van der Waals surface area (Å²) in [6.07, 6.45) is 1.23. The molecule has 1 heterocycles. The molecule has 2 aromatic carbocycles. The smallest absolute Gasteiger partial charge is 0.414 e. The number of rotatable bonds is 6. The maximum Gasteiger partial charge on any atom is 0.414 e. The van der Waals surface area contributed by atoms with Crippen molar-refractivity contribution in [3.63, 3.8) is 0 Å². The van der Waals surface area contributed by atoms with Gasteiger partial charge in [0.15, 0.2) is 11.5 Å². The Bertz CT molecular complexity index is 823. The number of nitrogens with zero attached hydrogens (tertiary/aromatic N) is 1. The predicted octanol–water partition coefficient (Wildman–Crippen LogP) is 4.96. The van der Waals surface area contributed by atoms with Crippen molar-refractivity contribution in [3.8, 4) is 11.5 Å². The van der Waals surface area contributed by atoms with Crippen LogP contribution in [0.15, 0.2) is 42.5 Å². The summed E-state index contributed by atoms with van der Waals surface area (Å²) < 4.78 is 16.2. The predicted molar refractivity (Wildman–Crippen MR) is 111 cm³/mol. The lowest BCUT2D eigenvalue weighted by Gasteiger charge is -2.19. The number of amides is 1. The lowest BCUT2D eigenvalue weighted by molar-refractivity contribution is 0.137. The monoisotopic (exact) mass is 383 g/mol. The first-order valence-corrected chi connectivity index (χ1v) is 9.61. The van der Waals surface area contributed by atoms with E-state index in [0.29, 0.717) is 18.0 Å². The van der Waals surface area contributed by atoms with Gasteiger partial charge in [0.2, 0.25) is 0 Å². The van der Waals surface area contributed by atoms with E-state index in [0.717, 1.165) is 18.5 Å². The molecule has 1 amide bonds. The van der Waals surface area contributed by atoms with Crippen LogP contribution in [0.4, 0.5) is 10.5 Å². The highest BCUT2D eigenvalue weighted by Crippen LogP contribution is 2.33. The fourth-order valence-electron chi connectivity index (χ4n) is 3.37. The number of carbonyl (C=O) groups excluding carboxylic acids is 1. The fourth-order valence-corrected chi connectivity index (χ4v) is 3.37. The Morgan fingerprint density at radius 1 is 1.04 bits per heavy atom. The third-order valence-corrected chi connectivity index (χ3v) is 5.13. The van der Waals surface area contributed by atoms with Crippen LogP contribution < -0.4 is 14.4 Å². The molecule has 5 nitrogen and oxygen atoms in total. The van der Waals surface area contributed by atoms with Crippen molar-refractivity contribution in [2.45, 2.75) is 45.1 Å². The lowest BCUT2D eigenvalue weighted by Crippen LogP contribution is -2.24. The van der Waals surface area contributed by atoms with Crippen molar-refractivity contribution in [2.75, 3.05) is 25.7 Å². The van der Waals surface area contributed by atoms with Crippen molar-refractivity contribution in [1.29, 1.82) is 0 Å². The normalized spacial score (nSPS) is 16.8. The van der Waals surface area contributed by atoms with Crippen LogP contribution in [-0.4, -0.2) is 33.0 Å². The van der Waals surface area contributed by atoms with Crippen LogP contribution in [0, 0.1) is 0 Å². The summed E-state index contributed by atoms with van der Waals surface area (Å²) in [6.45, 7) is 7.17. The van der Waals surface area contributed by atoms with Crippen molar-refractivity contribution in [2.24, 2.45) is 0 Å². The van der Waals surface area contributed by atoms with Gasteiger partial charge in [-0.3, -0.25) is 4.90 Å². The zero-order valence-corrected chi connectivity index (χ0v) is 17.3. The molecule has 0 radical (unpaired) electrons. The second kappa shape index (κ2) is 8.13. The van der Waals surface area contributed by atoms with E-state index in [-0.39, 0.29) is 17.6 Å². The molecule has 0 aromatic heterocycles. The third kappa shape index (κ3) is 4.41. The molecule has 1 atom stereocenters. The number of hydrogen-bond acceptors (Lipinski definition) is 4. The zero-order chi connectivity index (χ0) is 20.3. The minimum Gasteiger partial charge on any atom is -0.493 e. The first-order valence-electron chi connectivity index (χ1n) is 9.61. The maximum absolute atomic E-state index is 12.3. The van der Waals surface area contributed by atoms with Crippen LogP contribution >= 0.6 is 0 Å². The van der Waals surface area contributed by atoms with Crippen LogP contribution in [0.1, 0.15) is 38.3 Å². The quantitative estimate of drug-likeness (QED) is 0.707. The molecule has 28 heavy (non-hydrogen) atoms. The minimum atomic E-state index is -0.319. The highest BCUT2D eigenvalue weighted by atomic mass is 16.6. The molecule has 0 bridgehead atoms. The van der Waals surface area contributed by atoms with Crippen molar-refractivity contribution in [3.05, 3.63) is 53.6 Å². The van der Waals surface area contributed by atoms with Gasteiger partial charge in [-0.05, 0) is 41.5 Å². The first-order chi connectivity index (χ1) is 13.3. The molecule has 3 rings (SSSR count). The number of methoxy groups -OCH3 is 2. The van der Waals surface area contributed by atoms with E-state index < -0.39 is 0 Å². The molecule has 150 valence electrons. The Hall–Kier alpha value is -2.69. The molecule has 0 unspecified atom stereocenters. The lowest BCUT2D eigenvalue weighted by atomic mass is 9.86. The Balaban J connectivity index is 1.62. The summed E-state index contributed by atoms with van der Waals surface area (Å²) in [5.74, 6) is 1.23. The molecule has 0 saturated carbocycles. The number of benzene rings is 2. The fraction of sp³-hybridized carbons (Fsp3) is 0.435. The van der Waals surface area contributed by atoms with E-state index in [4.69, 9.17) is 14.2 Å². The van der Waals surface area contributed by atoms with Crippen LogP contribution in [0.25, 0.3) is 0 Å². The standard InChI is InChI=1S/C23H29NO4/c1-23(2,3)17-9-6-16(7-10-17)8-12-19-15-24(22(25)28-19)18-11-13-20(26-4)21(14-18)27-5/h6-7,9-11,13-14,19H,8,12,15H2,1-5H3/t19-/m1/s1. The summed E-state index contributed by atoms with van der Waals surface area (Å²) in [4.78, 5) is 14.0. The summed E-state index contributed by atoms with van der Waals surface area (Å²) in [7, 11) is 3.17. The average molecular weight is 383 g/mol. The van der Waals surface area contributed by atoms with Gasteiger partial charge in [0.05, 0.1) is 26.5 Å². The van der Waals surface area contributed by atoms with Gasteiger partial charge in [-0.1, -0.05) is 45.0 Å². The number of anilines is 1. The number of ether oxygens (including phenoxy) is 3. The van der Waals surface area contributed by atoms with E-state index in [9.17, 15) is 4.79 Å². The molecule has 0 spiro atoms. The molecule has 2 aromatic rings. The Kier molecular flexibility index (Phi) is 5.82. The van der Waals surface area contributed by atoms with Gasteiger partial charge in [-0.15, -0.1) is 0 Å². The Morgan fingerprint density at radius 2 is 1.71 bits per heavy atom. The highest BCUT2D eigenvalue weighted by molar-refractivity contribution is 5.90. The SMILES string of the molecule is COc1ccc(N2C[C@@H](CCc3ccc(C(C)(C)C)cc3)OC2=O)cc1OC. The van der Waals surface area contributed by atoms with E-state index in [1.165, 1.54) is 11.1 Å². The van der Waals surface area contributed by atoms with Crippen molar-refractivity contribution in [1.82, 2.24) is 0 Å². The number of aryl methyl sites for hydroxylation is 1. The molecule has 1 saturated heterocycles. The molecule has 0 N–H and O–H groups in total. The van der Waals surface area contributed by atoms with Gasteiger partial charge in [-0.2, -0.15) is 0 Å². The highest BCUT2D eigenvalue weighted by Gasteiger charge is 2.32. The van der Waals surface area contributed by atoms with Crippen LogP contribution in [0.2, 0.25) is 0 Å². The van der Waals surface area contributed by atoms with E-state index in [1.54, 1.807) is 31.3 Å². The van der Waals surface area contributed by atoms with Crippen LogP contribution in [0.3, 0.4) is 0 Å². The van der Waals surface area contributed by atoms with Gasteiger partial charge in [0.25, 0.3) is 0 Å². The van der Waals surface area contributed by atoms with Gasteiger partial charge in [0, 0.05) is 6.07 Å². The molecule has 1 aliphatic rings.